The highest BCUT2D eigenvalue weighted by Crippen LogP contribution is 2.35. The van der Waals surface area contributed by atoms with Crippen LogP contribution in [0.15, 0.2) is 47.5 Å². The largest absolute Gasteiger partial charge is 0.327 e. The highest BCUT2D eigenvalue weighted by atomic mass is 32.2. The number of fused-ring (bicyclic) bond motifs is 1. The van der Waals surface area contributed by atoms with Gasteiger partial charge in [0.25, 0.3) is 0 Å². The van der Waals surface area contributed by atoms with Crippen molar-refractivity contribution in [3.05, 3.63) is 54.1 Å². The van der Waals surface area contributed by atoms with Crippen molar-refractivity contribution in [3.8, 4) is 22.5 Å². The summed E-state index contributed by atoms with van der Waals surface area (Å²) in [4.78, 5) is 10.1. The fourth-order valence-electron chi connectivity index (χ4n) is 3.32. The summed E-state index contributed by atoms with van der Waals surface area (Å²) < 4.78 is 13.9. The fraction of sp³-hybridized carbons (Fsp3) is 0.263. The molecule has 1 aliphatic heterocycles. The van der Waals surface area contributed by atoms with Gasteiger partial charge in [-0.1, -0.05) is 12.1 Å². The molecular weight excluding hydrogens is 318 g/mol. The van der Waals surface area contributed by atoms with Crippen LogP contribution in [0.5, 0.6) is 0 Å². The average molecular weight is 337 g/mol. The minimum absolute atomic E-state index is 0.840. The lowest BCUT2D eigenvalue weighted by atomic mass is 10.0. The van der Waals surface area contributed by atoms with E-state index >= 15 is 0 Å². The molecule has 0 saturated heterocycles. The minimum Gasteiger partial charge on any atom is -0.327 e. The van der Waals surface area contributed by atoms with Crippen molar-refractivity contribution >= 4 is 10.8 Å². The van der Waals surface area contributed by atoms with Gasteiger partial charge in [0, 0.05) is 57.9 Å². The van der Waals surface area contributed by atoms with E-state index in [0.717, 1.165) is 52.6 Å². The number of aryl methyl sites for hydroxylation is 2. The van der Waals surface area contributed by atoms with Crippen LogP contribution in [0.2, 0.25) is 0 Å². The predicted octanol–water partition coefficient (Wildman–Crippen LogP) is 3.60. The van der Waals surface area contributed by atoms with Gasteiger partial charge in [-0.2, -0.15) is 0 Å². The van der Waals surface area contributed by atoms with Crippen molar-refractivity contribution in [3.63, 3.8) is 0 Å². The molecule has 4 rings (SSSR count). The maximum absolute atomic E-state index is 11.6. The minimum atomic E-state index is -0.962. The molecule has 0 amide bonds. The summed E-state index contributed by atoms with van der Waals surface area (Å²) in [5.41, 5.74) is 5.39. The van der Waals surface area contributed by atoms with E-state index < -0.39 is 10.8 Å². The van der Waals surface area contributed by atoms with Gasteiger partial charge in [-0.3, -0.25) is 9.19 Å². The Balaban J connectivity index is 1.88. The van der Waals surface area contributed by atoms with Gasteiger partial charge in [0.2, 0.25) is 0 Å². The molecule has 3 aromatic rings. The van der Waals surface area contributed by atoms with Crippen LogP contribution in [-0.4, -0.2) is 25.0 Å². The smallest absolute Gasteiger partial charge is 0.109 e. The second-order valence-corrected chi connectivity index (χ2v) is 7.52. The normalized spacial score (nSPS) is 14.6. The Bertz CT molecular complexity index is 928. The third-order valence-corrected chi connectivity index (χ3v) is 5.39. The van der Waals surface area contributed by atoms with Gasteiger partial charge < -0.3 is 4.57 Å². The zero-order chi connectivity index (χ0) is 16.7. The van der Waals surface area contributed by atoms with Crippen LogP contribution in [0, 0.1) is 6.92 Å². The van der Waals surface area contributed by atoms with E-state index in [4.69, 9.17) is 4.98 Å². The van der Waals surface area contributed by atoms with Gasteiger partial charge in [0.05, 0.1) is 11.4 Å². The maximum atomic E-state index is 11.6. The Morgan fingerprint density at radius 1 is 1.12 bits per heavy atom. The monoisotopic (exact) mass is 337 g/mol. The van der Waals surface area contributed by atoms with Crippen molar-refractivity contribution in [1.29, 1.82) is 0 Å². The van der Waals surface area contributed by atoms with E-state index in [-0.39, 0.29) is 0 Å². The van der Waals surface area contributed by atoms with Gasteiger partial charge in [-0.15, -0.1) is 0 Å². The van der Waals surface area contributed by atoms with Crippen molar-refractivity contribution in [2.75, 3.05) is 6.26 Å². The molecule has 1 aromatic carbocycles. The molecule has 24 heavy (non-hydrogen) atoms. The first-order valence-corrected chi connectivity index (χ1v) is 9.65. The van der Waals surface area contributed by atoms with Gasteiger partial charge in [-0.25, -0.2) is 4.98 Å². The zero-order valence-corrected chi connectivity index (χ0v) is 14.6. The molecule has 1 atom stereocenters. The van der Waals surface area contributed by atoms with Crippen molar-refractivity contribution in [2.24, 2.45) is 0 Å². The van der Waals surface area contributed by atoms with Crippen molar-refractivity contribution < 1.29 is 4.21 Å². The second kappa shape index (κ2) is 5.98. The average Bonchev–Trinajstić information content (AvgIpc) is 3.15. The summed E-state index contributed by atoms with van der Waals surface area (Å²) in [7, 11) is -0.962. The number of hydrogen-bond acceptors (Lipinski definition) is 3. The highest BCUT2D eigenvalue weighted by Gasteiger charge is 2.23. The summed E-state index contributed by atoms with van der Waals surface area (Å²) in [6, 6.07) is 12.1. The number of imidazole rings is 1. The molecule has 0 fully saturated rings. The summed E-state index contributed by atoms with van der Waals surface area (Å²) in [5, 5.41) is 0. The number of nitrogens with zero attached hydrogens (tertiary/aromatic N) is 3. The lowest BCUT2D eigenvalue weighted by Gasteiger charge is -2.09. The van der Waals surface area contributed by atoms with Gasteiger partial charge in [-0.05, 0) is 37.6 Å². The summed E-state index contributed by atoms with van der Waals surface area (Å²) in [6.45, 7) is 3.02. The van der Waals surface area contributed by atoms with Crippen molar-refractivity contribution in [2.45, 2.75) is 31.2 Å². The first-order chi connectivity index (χ1) is 11.6. The molecule has 3 heterocycles. The third kappa shape index (κ3) is 2.59. The summed E-state index contributed by atoms with van der Waals surface area (Å²) >= 11 is 0. The maximum Gasteiger partial charge on any atom is 0.109 e. The molecule has 122 valence electrons. The Morgan fingerprint density at radius 2 is 1.92 bits per heavy atom. The van der Waals surface area contributed by atoms with E-state index in [1.54, 1.807) is 6.26 Å². The Morgan fingerprint density at radius 3 is 2.62 bits per heavy atom. The number of hydrogen-bond donors (Lipinski definition) is 0. The number of pyridine rings is 1. The van der Waals surface area contributed by atoms with Crippen LogP contribution < -0.4 is 0 Å². The molecule has 0 spiro atoms. The third-order valence-electron chi connectivity index (χ3n) is 4.46. The summed E-state index contributed by atoms with van der Waals surface area (Å²) in [6.07, 6.45) is 5.72. The van der Waals surface area contributed by atoms with Gasteiger partial charge in [0.1, 0.15) is 5.82 Å². The van der Waals surface area contributed by atoms with E-state index in [1.807, 2.05) is 37.4 Å². The second-order valence-electron chi connectivity index (χ2n) is 6.14. The predicted molar refractivity (Wildman–Crippen MR) is 96.3 cm³/mol. The van der Waals surface area contributed by atoms with Crippen LogP contribution in [0.1, 0.15) is 17.9 Å². The van der Waals surface area contributed by atoms with Crippen LogP contribution in [0.4, 0.5) is 0 Å². The van der Waals surface area contributed by atoms with Crippen LogP contribution >= 0.6 is 0 Å². The van der Waals surface area contributed by atoms with E-state index in [1.165, 1.54) is 5.69 Å². The molecule has 5 heteroatoms. The van der Waals surface area contributed by atoms with Gasteiger partial charge in [0.15, 0.2) is 0 Å². The highest BCUT2D eigenvalue weighted by molar-refractivity contribution is 7.84. The van der Waals surface area contributed by atoms with Crippen molar-refractivity contribution in [1.82, 2.24) is 14.5 Å². The zero-order valence-electron chi connectivity index (χ0n) is 13.8. The molecule has 1 aliphatic rings. The van der Waals surface area contributed by atoms with Crippen LogP contribution in [0.3, 0.4) is 0 Å². The molecule has 1 unspecified atom stereocenters. The molecule has 0 N–H and O–H groups in total. The molecular formula is C19H19N3OS. The first kappa shape index (κ1) is 15.3. The van der Waals surface area contributed by atoms with E-state index in [2.05, 4.69) is 21.7 Å². The Kier molecular flexibility index (Phi) is 3.81. The number of aromatic nitrogens is 3. The standard InChI is InChI=1S/C19H19N3OS/c1-13-12-15(9-10-20-13)19-18(21-17-4-3-11-22(17)19)14-5-7-16(8-6-14)24(2)23/h5-10,12H,3-4,11H2,1-2H3. The van der Waals surface area contributed by atoms with Crippen LogP contribution in [-0.2, 0) is 23.8 Å². The van der Waals surface area contributed by atoms with E-state index in [9.17, 15) is 4.21 Å². The topological polar surface area (TPSA) is 47.8 Å². The number of benzene rings is 1. The fourth-order valence-corrected chi connectivity index (χ4v) is 3.84. The Labute approximate surface area is 144 Å². The first-order valence-electron chi connectivity index (χ1n) is 8.10. The molecule has 0 aliphatic carbocycles. The lowest BCUT2D eigenvalue weighted by Crippen LogP contribution is -1.97. The van der Waals surface area contributed by atoms with Crippen LogP contribution in [0.25, 0.3) is 22.5 Å². The number of rotatable bonds is 3. The Hall–Kier alpha value is -2.27. The van der Waals surface area contributed by atoms with Gasteiger partial charge >= 0.3 is 0 Å². The molecule has 0 radical (unpaired) electrons. The molecule has 4 nitrogen and oxygen atoms in total. The summed E-state index contributed by atoms with van der Waals surface area (Å²) in [5.74, 6) is 1.15. The molecule has 0 saturated carbocycles. The molecule has 0 bridgehead atoms. The SMILES string of the molecule is Cc1cc(-c2c(-c3ccc(S(C)=O)cc3)nc3n2CCC3)ccn1. The quantitative estimate of drug-likeness (QED) is 0.733. The van der Waals surface area contributed by atoms with E-state index in [0.29, 0.717) is 0 Å². The molecule has 2 aromatic heterocycles. The lowest BCUT2D eigenvalue weighted by molar-refractivity contribution is 0.687.